The van der Waals surface area contributed by atoms with E-state index in [0.29, 0.717) is 0 Å². The van der Waals surface area contributed by atoms with Crippen LogP contribution in [0.15, 0.2) is 91.0 Å². The van der Waals surface area contributed by atoms with Gasteiger partial charge in [-0.3, -0.25) is 0 Å². The fraction of sp³-hybridized carbons (Fsp3) is 0.133. The topological polar surface area (TPSA) is 30.9 Å². The number of nitrogens with zero attached hydrogens (tertiary/aromatic N) is 1. The van der Waals surface area contributed by atoms with Crippen molar-refractivity contribution < 1.29 is 0 Å². The molecule has 1 heterocycles. The van der Waals surface area contributed by atoms with Gasteiger partial charge in [0.1, 0.15) is 0 Å². The molecule has 1 aliphatic carbocycles. The Bertz CT molecular complexity index is 1500. The molecule has 0 saturated heterocycles. The summed E-state index contributed by atoms with van der Waals surface area (Å²) in [7, 11) is 0. The van der Waals surface area contributed by atoms with Crippen LogP contribution in [0.4, 0.5) is 5.69 Å². The fourth-order valence-electron chi connectivity index (χ4n) is 5.27. The Hall–Kier alpha value is -3.78. The summed E-state index contributed by atoms with van der Waals surface area (Å²) in [5, 5.41) is 3.68. The highest BCUT2D eigenvalue weighted by Gasteiger charge is 2.21. The van der Waals surface area contributed by atoms with Crippen molar-refractivity contribution in [2.24, 2.45) is 0 Å². The normalized spacial score (nSPS) is 13.3. The third kappa shape index (κ3) is 2.95. The molecule has 0 radical (unpaired) electrons. The molecular weight excluding hydrogens is 388 g/mol. The van der Waals surface area contributed by atoms with E-state index in [1.807, 2.05) is 0 Å². The van der Waals surface area contributed by atoms with Gasteiger partial charge in [0.05, 0.1) is 5.52 Å². The molecule has 0 spiro atoms. The van der Waals surface area contributed by atoms with E-state index in [1.165, 1.54) is 49.9 Å². The maximum absolute atomic E-state index is 6.52. The third-order valence-electron chi connectivity index (χ3n) is 6.85. The number of anilines is 1. The third-order valence-corrected chi connectivity index (χ3v) is 6.85. The molecule has 156 valence electrons. The Morgan fingerprint density at radius 3 is 2.41 bits per heavy atom. The van der Waals surface area contributed by atoms with Crippen molar-refractivity contribution in [2.75, 3.05) is 5.73 Å². The molecule has 2 heteroatoms. The van der Waals surface area contributed by atoms with Crippen molar-refractivity contribution in [1.29, 1.82) is 0 Å². The molecule has 5 aromatic rings. The number of hydrogen-bond acceptors (Lipinski definition) is 1. The summed E-state index contributed by atoms with van der Waals surface area (Å²) >= 11 is 0. The summed E-state index contributed by atoms with van der Waals surface area (Å²) < 4.78 is 2.45. The highest BCUT2D eigenvalue weighted by Crippen LogP contribution is 2.37. The van der Waals surface area contributed by atoms with Gasteiger partial charge in [-0.25, -0.2) is 0 Å². The van der Waals surface area contributed by atoms with Crippen LogP contribution < -0.4 is 5.73 Å². The molecule has 0 fully saturated rings. The first-order chi connectivity index (χ1) is 15.7. The average Bonchev–Trinajstić information content (AvgIpc) is 3.17. The summed E-state index contributed by atoms with van der Waals surface area (Å²) in [6, 6.07) is 30.4. The minimum absolute atomic E-state index is 0.837. The van der Waals surface area contributed by atoms with Crippen LogP contribution in [0.25, 0.3) is 32.9 Å². The van der Waals surface area contributed by atoms with Crippen molar-refractivity contribution >= 4 is 32.9 Å². The highest BCUT2D eigenvalue weighted by atomic mass is 15.0. The summed E-state index contributed by atoms with van der Waals surface area (Å²) in [5.41, 5.74) is 16.6. The number of aromatic nitrogens is 1. The molecule has 2 nitrogen and oxygen atoms in total. The van der Waals surface area contributed by atoms with Gasteiger partial charge < -0.3 is 10.3 Å². The minimum Gasteiger partial charge on any atom is -0.398 e. The minimum atomic E-state index is 0.837. The molecule has 0 amide bonds. The molecular formula is C30H26N2. The lowest BCUT2D eigenvalue weighted by atomic mass is 9.95. The number of fused-ring (bicyclic) bond motifs is 4. The SMILES string of the molecule is CC1=CCCc2c1c1ccccc1n2-c1ccc(Cc2ccc3ccccc3c2N)cc1. The lowest BCUT2D eigenvalue weighted by Crippen LogP contribution is -2.04. The van der Waals surface area contributed by atoms with Crippen LogP contribution in [0.2, 0.25) is 0 Å². The van der Waals surface area contributed by atoms with Gasteiger partial charge in [-0.1, -0.05) is 72.8 Å². The van der Waals surface area contributed by atoms with Crippen LogP contribution in [-0.2, 0) is 12.8 Å². The van der Waals surface area contributed by atoms with E-state index in [1.54, 1.807) is 0 Å². The van der Waals surface area contributed by atoms with E-state index >= 15 is 0 Å². The summed E-state index contributed by atoms with van der Waals surface area (Å²) in [6.07, 6.45) is 5.39. The molecule has 32 heavy (non-hydrogen) atoms. The van der Waals surface area contributed by atoms with E-state index in [0.717, 1.165) is 30.3 Å². The number of para-hydroxylation sites is 1. The average molecular weight is 415 g/mol. The number of nitrogens with two attached hydrogens (primary N) is 1. The predicted octanol–water partition coefficient (Wildman–Crippen LogP) is 7.31. The van der Waals surface area contributed by atoms with Crippen molar-refractivity contribution in [1.82, 2.24) is 4.57 Å². The van der Waals surface area contributed by atoms with Crippen molar-refractivity contribution in [3.63, 3.8) is 0 Å². The Morgan fingerprint density at radius 2 is 1.56 bits per heavy atom. The molecule has 0 atom stereocenters. The molecule has 1 aromatic heterocycles. The van der Waals surface area contributed by atoms with E-state index in [9.17, 15) is 0 Å². The Morgan fingerprint density at radius 1 is 0.812 bits per heavy atom. The van der Waals surface area contributed by atoms with Crippen LogP contribution in [-0.4, -0.2) is 4.57 Å². The van der Waals surface area contributed by atoms with Gasteiger partial charge in [-0.15, -0.1) is 0 Å². The lowest BCUT2D eigenvalue weighted by Gasteiger charge is -2.16. The second-order valence-electron chi connectivity index (χ2n) is 8.80. The predicted molar refractivity (Wildman–Crippen MR) is 136 cm³/mol. The first kappa shape index (κ1) is 18.9. The zero-order valence-electron chi connectivity index (χ0n) is 18.3. The molecule has 6 rings (SSSR count). The number of nitrogen functional groups attached to an aromatic ring is 1. The standard InChI is InChI=1S/C30H26N2/c1-20-7-6-12-28-29(20)26-10-4-5-11-27(26)32(28)24-17-13-21(14-18-24)19-23-16-15-22-8-2-3-9-25(22)30(23)31/h2-5,7-11,13-18H,6,12,19,31H2,1H3. The van der Waals surface area contributed by atoms with E-state index in [-0.39, 0.29) is 0 Å². The van der Waals surface area contributed by atoms with Gasteiger partial charge in [0, 0.05) is 33.4 Å². The van der Waals surface area contributed by atoms with E-state index in [4.69, 9.17) is 5.73 Å². The van der Waals surface area contributed by atoms with E-state index in [2.05, 4.69) is 102 Å². The summed E-state index contributed by atoms with van der Waals surface area (Å²) in [4.78, 5) is 0. The molecule has 0 bridgehead atoms. The molecule has 0 unspecified atom stereocenters. The Balaban J connectivity index is 1.39. The van der Waals surface area contributed by atoms with Crippen molar-refractivity contribution in [2.45, 2.75) is 26.2 Å². The molecule has 4 aromatic carbocycles. The second kappa shape index (κ2) is 7.42. The Kier molecular flexibility index (Phi) is 4.39. The maximum Gasteiger partial charge on any atom is 0.0537 e. The number of allylic oxidation sites excluding steroid dienone is 2. The van der Waals surface area contributed by atoms with Gasteiger partial charge in [-0.05, 0) is 66.5 Å². The van der Waals surface area contributed by atoms with Gasteiger partial charge in [0.15, 0.2) is 0 Å². The quantitative estimate of drug-likeness (QED) is 0.308. The van der Waals surface area contributed by atoms with Gasteiger partial charge in [-0.2, -0.15) is 0 Å². The second-order valence-corrected chi connectivity index (χ2v) is 8.80. The van der Waals surface area contributed by atoms with Gasteiger partial charge in [0.25, 0.3) is 0 Å². The van der Waals surface area contributed by atoms with Crippen LogP contribution in [0.3, 0.4) is 0 Å². The van der Waals surface area contributed by atoms with Crippen LogP contribution in [0, 0.1) is 0 Å². The zero-order chi connectivity index (χ0) is 21.7. The lowest BCUT2D eigenvalue weighted by molar-refractivity contribution is 0.882. The Labute approximate surface area is 188 Å². The summed E-state index contributed by atoms with van der Waals surface area (Å²) in [5.74, 6) is 0. The first-order valence-corrected chi connectivity index (χ1v) is 11.4. The molecule has 0 saturated carbocycles. The molecule has 2 N–H and O–H groups in total. The van der Waals surface area contributed by atoms with E-state index < -0.39 is 0 Å². The summed E-state index contributed by atoms with van der Waals surface area (Å²) in [6.45, 7) is 2.24. The number of hydrogen-bond donors (Lipinski definition) is 1. The number of benzene rings is 4. The van der Waals surface area contributed by atoms with Crippen molar-refractivity contribution in [3.8, 4) is 5.69 Å². The smallest absolute Gasteiger partial charge is 0.0537 e. The fourth-order valence-corrected chi connectivity index (χ4v) is 5.27. The van der Waals surface area contributed by atoms with Crippen molar-refractivity contribution in [3.05, 3.63) is 113 Å². The molecule has 1 aliphatic rings. The van der Waals surface area contributed by atoms with Crippen LogP contribution in [0.1, 0.15) is 35.7 Å². The largest absolute Gasteiger partial charge is 0.398 e. The van der Waals surface area contributed by atoms with Gasteiger partial charge >= 0.3 is 0 Å². The number of rotatable bonds is 3. The zero-order valence-corrected chi connectivity index (χ0v) is 18.3. The van der Waals surface area contributed by atoms with Gasteiger partial charge in [0.2, 0.25) is 0 Å². The molecule has 0 aliphatic heterocycles. The monoisotopic (exact) mass is 414 g/mol. The highest BCUT2D eigenvalue weighted by molar-refractivity contribution is 5.96. The maximum atomic E-state index is 6.52. The van der Waals surface area contributed by atoms with Crippen LogP contribution >= 0.6 is 0 Å². The first-order valence-electron chi connectivity index (χ1n) is 11.4. The van der Waals surface area contributed by atoms with Crippen LogP contribution in [0.5, 0.6) is 0 Å².